The maximum atomic E-state index is 12.7. The minimum atomic E-state index is -1.11. The Morgan fingerprint density at radius 3 is 2.18 bits per heavy atom. The molecule has 0 atom stereocenters. The van der Waals surface area contributed by atoms with Crippen molar-refractivity contribution in [3.8, 4) is 11.5 Å². The highest BCUT2D eigenvalue weighted by atomic mass is 32.2. The first-order valence-electron chi connectivity index (χ1n) is 14.4. The standard InChI is InChI=1S/C36H32N2O5S/c39-34(37-28-9-3-1-4-10-28)13-5-2-8-22-44-31-21-17-26-23-30(20-16-27(26)24-31)43-29-18-14-25(15-19-29)35(40)38-33-12-7-6-11-32(33)36(41)42/h1,3-4,6-7,9-12,14-21,23-24H,2,5,8,13,22H2,(H,37,39)(H,38,40)(H,41,42). The van der Waals surface area contributed by atoms with Gasteiger partial charge >= 0.3 is 5.97 Å². The van der Waals surface area contributed by atoms with Gasteiger partial charge in [0.1, 0.15) is 11.5 Å². The highest BCUT2D eigenvalue weighted by molar-refractivity contribution is 7.99. The number of benzene rings is 5. The number of anilines is 2. The molecule has 0 spiro atoms. The zero-order valence-corrected chi connectivity index (χ0v) is 24.8. The number of amides is 2. The van der Waals surface area contributed by atoms with Crippen LogP contribution in [0.2, 0.25) is 0 Å². The first-order valence-corrected chi connectivity index (χ1v) is 15.4. The minimum Gasteiger partial charge on any atom is -0.478 e. The van der Waals surface area contributed by atoms with E-state index in [4.69, 9.17) is 4.74 Å². The highest BCUT2D eigenvalue weighted by Crippen LogP contribution is 2.30. The Bertz CT molecular complexity index is 1760. The van der Waals surface area contributed by atoms with Gasteiger partial charge in [-0.3, -0.25) is 9.59 Å². The van der Waals surface area contributed by atoms with Crippen molar-refractivity contribution in [3.05, 3.63) is 126 Å². The molecule has 0 aliphatic heterocycles. The lowest BCUT2D eigenvalue weighted by molar-refractivity contribution is -0.116. The van der Waals surface area contributed by atoms with E-state index in [1.807, 2.05) is 60.3 Å². The van der Waals surface area contributed by atoms with Crippen molar-refractivity contribution in [2.24, 2.45) is 0 Å². The van der Waals surface area contributed by atoms with Gasteiger partial charge in [0.25, 0.3) is 5.91 Å². The Morgan fingerprint density at radius 2 is 1.39 bits per heavy atom. The lowest BCUT2D eigenvalue weighted by Crippen LogP contribution is -2.14. The number of fused-ring (bicyclic) bond motifs is 1. The van der Waals surface area contributed by atoms with Crippen LogP contribution in [0.1, 0.15) is 46.4 Å². The molecule has 0 heterocycles. The SMILES string of the molecule is O=C(CCCCCSc1ccc2cc(Oc3ccc(C(=O)Nc4ccccc4C(=O)O)cc3)ccc2c1)Nc1ccccc1. The lowest BCUT2D eigenvalue weighted by Gasteiger charge is -2.10. The second-order valence-corrected chi connectivity index (χ2v) is 11.3. The number of unbranched alkanes of at least 4 members (excludes halogenated alkanes) is 2. The Kier molecular flexibility index (Phi) is 10.3. The van der Waals surface area contributed by atoms with Crippen molar-refractivity contribution < 1.29 is 24.2 Å². The minimum absolute atomic E-state index is 0.0280. The number of thioether (sulfide) groups is 1. The summed E-state index contributed by atoms with van der Waals surface area (Å²) >= 11 is 1.82. The lowest BCUT2D eigenvalue weighted by atomic mass is 10.1. The molecule has 0 aliphatic carbocycles. The molecular formula is C36H32N2O5S. The van der Waals surface area contributed by atoms with Crippen LogP contribution in [-0.2, 0) is 4.79 Å². The van der Waals surface area contributed by atoms with Crippen LogP contribution >= 0.6 is 11.8 Å². The summed E-state index contributed by atoms with van der Waals surface area (Å²) in [6.45, 7) is 0. The van der Waals surface area contributed by atoms with Crippen molar-refractivity contribution in [1.82, 2.24) is 0 Å². The zero-order chi connectivity index (χ0) is 30.7. The molecule has 5 rings (SSSR count). The molecule has 8 heteroatoms. The second-order valence-electron chi connectivity index (χ2n) is 10.2. The average molecular weight is 605 g/mol. The van der Waals surface area contributed by atoms with Crippen LogP contribution in [-0.4, -0.2) is 28.6 Å². The molecule has 0 fully saturated rings. The van der Waals surface area contributed by atoms with E-state index in [2.05, 4.69) is 28.8 Å². The molecule has 7 nitrogen and oxygen atoms in total. The predicted molar refractivity (Wildman–Crippen MR) is 176 cm³/mol. The second kappa shape index (κ2) is 14.9. The Morgan fingerprint density at radius 1 is 0.682 bits per heavy atom. The summed E-state index contributed by atoms with van der Waals surface area (Å²) in [5.74, 6) is 0.799. The molecule has 0 saturated carbocycles. The van der Waals surface area contributed by atoms with Gasteiger partial charge in [0, 0.05) is 22.6 Å². The van der Waals surface area contributed by atoms with Crippen molar-refractivity contribution in [2.45, 2.75) is 30.6 Å². The van der Waals surface area contributed by atoms with E-state index >= 15 is 0 Å². The van der Waals surface area contributed by atoms with E-state index in [1.54, 1.807) is 42.5 Å². The van der Waals surface area contributed by atoms with E-state index in [0.717, 1.165) is 41.5 Å². The number of hydrogen-bond acceptors (Lipinski definition) is 5. The van der Waals surface area contributed by atoms with Crippen LogP contribution in [0.15, 0.2) is 120 Å². The molecule has 0 bridgehead atoms. The van der Waals surface area contributed by atoms with Crippen LogP contribution in [0.3, 0.4) is 0 Å². The maximum absolute atomic E-state index is 12.7. The Balaban J connectivity index is 1.08. The van der Waals surface area contributed by atoms with E-state index in [9.17, 15) is 19.5 Å². The number of para-hydroxylation sites is 2. The van der Waals surface area contributed by atoms with Gasteiger partial charge in [-0.15, -0.1) is 11.8 Å². The number of hydrogen-bond donors (Lipinski definition) is 3. The highest BCUT2D eigenvalue weighted by Gasteiger charge is 2.13. The van der Waals surface area contributed by atoms with Crippen LogP contribution in [0.4, 0.5) is 11.4 Å². The fourth-order valence-electron chi connectivity index (χ4n) is 4.64. The number of rotatable bonds is 13. The first-order chi connectivity index (χ1) is 21.4. The summed E-state index contributed by atoms with van der Waals surface area (Å²) in [6, 6.07) is 34.8. The number of carbonyl (C=O) groups excluding carboxylic acids is 2. The number of carbonyl (C=O) groups is 3. The smallest absolute Gasteiger partial charge is 0.337 e. The molecule has 5 aromatic carbocycles. The summed E-state index contributed by atoms with van der Waals surface area (Å²) in [5.41, 5.74) is 1.49. The molecule has 2 amide bonds. The van der Waals surface area contributed by atoms with Gasteiger partial charge in [0.05, 0.1) is 11.3 Å². The largest absolute Gasteiger partial charge is 0.478 e. The van der Waals surface area contributed by atoms with Gasteiger partial charge < -0.3 is 20.5 Å². The topological polar surface area (TPSA) is 105 Å². The Labute approximate surface area is 260 Å². The molecule has 0 aromatic heterocycles. The first kappa shape index (κ1) is 30.4. The van der Waals surface area contributed by atoms with Crippen LogP contribution in [0.5, 0.6) is 11.5 Å². The fraction of sp³-hybridized carbons (Fsp3) is 0.139. The van der Waals surface area contributed by atoms with Gasteiger partial charge in [-0.25, -0.2) is 4.79 Å². The molecule has 0 unspecified atom stereocenters. The molecule has 44 heavy (non-hydrogen) atoms. The molecule has 3 N–H and O–H groups in total. The van der Waals surface area contributed by atoms with E-state index in [0.29, 0.717) is 23.5 Å². The maximum Gasteiger partial charge on any atom is 0.337 e. The zero-order valence-electron chi connectivity index (χ0n) is 24.0. The number of nitrogens with one attached hydrogen (secondary N) is 2. The molecule has 5 aromatic rings. The van der Waals surface area contributed by atoms with Crippen molar-refractivity contribution in [1.29, 1.82) is 0 Å². The summed E-state index contributed by atoms with van der Waals surface area (Å²) in [4.78, 5) is 37.4. The van der Waals surface area contributed by atoms with E-state index < -0.39 is 11.9 Å². The third kappa shape index (κ3) is 8.49. The average Bonchev–Trinajstić information content (AvgIpc) is 3.03. The molecular weight excluding hydrogens is 572 g/mol. The van der Waals surface area contributed by atoms with Gasteiger partial charge in [0.2, 0.25) is 5.91 Å². The number of aromatic carboxylic acids is 1. The van der Waals surface area contributed by atoms with Crippen molar-refractivity contribution in [3.63, 3.8) is 0 Å². The number of ether oxygens (including phenoxy) is 1. The van der Waals surface area contributed by atoms with Crippen molar-refractivity contribution >= 4 is 51.7 Å². The van der Waals surface area contributed by atoms with Crippen LogP contribution < -0.4 is 15.4 Å². The summed E-state index contributed by atoms with van der Waals surface area (Å²) < 4.78 is 6.03. The molecule has 0 radical (unpaired) electrons. The van der Waals surface area contributed by atoms with Crippen LogP contribution in [0, 0.1) is 0 Å². The van der Waals surface area contributed by atoms with Gasteiger partial charge in [-0.2, -0.15) is 0 Å². The van der Waals surface area contributed by atoms with Crippen molar-refractivity contribution in [2.75, 3.05) is 16.4 Å². The number of carboxylic acid groups (broad SMARTS) is 1. The van der Waals surface area contributed by atoms with Gasteiger partial charge in [-0.1, -0.05) is 48.9 Å². The fourth-order valence-corrected chi connectivity index (χ4v) is 5.60. The summed E-state index contributed by atoms with van der Waals surface area (Å²) in [7, 11) is 0. The number of carboxylic acids is 1. The predicted octanol–water partition coefficient (Wildman–Crippen LogP) is 8.87. The summed E-state index contributed by atoms with van der Waals surface area (Å²) in [5, 5.41) is 17.1. The summed E-state index contributed by atoms with van der Waals surface area (Å²) in [6.07, 6.45) is 3.46. The quantitative estimate of drug-likeness (QED) is 0.0916. The molecule has 222 valence electrons. The van der Waals surface area contributed by atoms with E-state index in [1.165, 1.54) is 11.0 Å². The molecule has 0 saturated heterocycles. The van der Waals surface area contributed by atoms with Gasteiger partial charge in [0.15, 0.2) is 0 Å². The molecule has 0 aliphatic rings. The van der Waals surface area contributed by atoms with E-state index in [-0.39, 0.29) is 17.2 Å². The van der Waals surface area contributed by atoms with Crippen LogP contribution in [0.25, 0.3) is 10.8 Å². The Hall–Kier alpha value is -5.08. The third-order valence-corrected chi connectivity index (χ3v) is 8.00. The van der Waals surface area contributed by atoms with Gasteiger partial charge in [-0.05, 0) is 102 Å². The monoisotopic (exact) mass is 604 g/mol. The third-order valence-electron chi connectivity index (χ3n) is 6.92. The normalized spacial score (nSPS) is 10.7.